The molecule has 2 fully saturated rings. The van der Waals surface area contributed by atoms with E-state index in [9.17, 15) is 33.9 Å². The number of carbonyl (C=O) groups is 12. The summed E-state index contributed by atoms with van der Waals surface area (Å²) in [5, 5.41) is 49.3. The number of amides is 11. The molecule has 0 aliphatic carbocycles. The number of aliphatic carboxylic acids is 1. The van der Waals surface area contributed by atoms with Gasteiger partial charge < -0.3 is 65.8 Å². The van der Waals surface area contributed by atoms with Gasteiger partial charge in [-0.1, -0.05) is 161 Å². The van der Waals surface area contributed by atoms with Crippen LogP contribution in [0, 0.1) is 10.8 Å². The maximum atomic E-state index is 15.8. The predicted octanol–water partition coefficient (Wildman–Crippen LogP) is 6.49. The van der Waals surface area contributed by atoms with Gasteiger partial charge in [-0.2, -0.15) is 0 Å². The van der Waals surface area contributed by atoms with Crippen molar-refractivity contribution in [3.8, 4) is 11.5 Å². The Morgan fingerprint density at radius 1 is 0.512 bits per heavy atom. The number of carboxylic acid groups (broad SMARTS) is 1. The van der Waals surface area contributed by atoms with E-state index < -0.39 is 166 Å². The van der Waals surface area contributed by atoms with Crippen LogP contribution in [0.5, 0.6) is 11.5 Å². The summed E-state index contributed by atoms with van der Waals surface area (Å²) in [5.74, 6) is -1.87. The number of fused-ring (bicyclic) bond motifs is 2. The third-order valence-electron chi connectivity index (χ3n) is 22.4. The van der Waals surface area contributed by atoms with Crippen molar-refractivity contribution in [2.75, 3.05) is 27.2 Å². The lowest BCUT2D eigenvalue weighted by Gasteiger charge is -2.37. The lowest BCUT2D eigenvalue weighted by molar-refractivity contribution is -0.146. The van der Waals surface area contributed by atoms with Crippen LogP contribution in [0.1, 0.15) is 155 Å². The zero-order valence-electron chi connectivity index (χ0n) is 73.4. The molecule has 35 nitrogen and oxygen atoms in total. The van der Waals surface area contributed by atoms with Crippen LogP contribution in [-0.2, 0) is 96.3 Å². The Kier molecular flexibility index (Phi) is 28.7. The smallest absolute Gasteiger partial charge is 0.410 e. The van der Waals surface area contributed by atoms with Gasteiger partial charge in [0.2, 0.25) is 47.3 Å². The van der Waals surface area contributed by atoms with Gasteiger partial charge in [0.25, 0.3) is 5.91 Å². The van der Waals surface area contributed by atoms with Crippen LogP contribution in [0.15, 0.2) is 146 Å². The molecule has 125 heavy (non-hydrogen) atoms. The molecule has 2 saturated heterocycles. The molecule has 12 atom stereocenters. The Hall–Kier alpha value is -13.1. The molecule has 14 rings (SSSR count). The maximum absolute atomic E-state index is 15.8. The highest BCUT2D eigenvalue weighted by molar-refractivity contribution is 5.99. The van der Waals surface area contributed by atoms with Crippen LogP contribution in [0.25, 0.3) is 21.5 Å². The molecule has 0 unspecified atom stereocenters. The molecule has 666 valence electrons. The summed E-state index contributed by atoms with van der Waals surface area (Å²) in [4.78, 5) is 181. The van der Waals surface area contributed by atoms with E-state index in [1.165, 1.54) is 47.1 Å². The van der Waals surface area contributed by atoms with Crippen LogP contribution in [0.4, 0.5) is 9.59 Å². The van der Waals surface area contributed by atoms with E-state index in [0.717, 1.165) is 31.3 Å². The van der Waals surface area contributed by atoms with Crippen molar-refractivity contribution >= 4 is 92.9 Å². The molecule has 6 aromatic carbocycles. The number of rotatable bonds is 14. The molecule has 8 bridgehead atoms. The van der Waals surface area contributed by atoms with E-state index in [2.05, 4.69) is 58.0 Å². The second-order valence-corrected chi connectivity index (χ2v) is 36.3. The number of hydrogen-bond donors (Lipinski definition) is 9. The largest absolute Gasteiger partial charge is 0.487 e. The molecule has 8 aromatic rings. The van der Waals surface area contributed by atoms with Gasteiger partial charge in [-0.05, 0) is 147 Å². The van der Waals surface area contributed by atoms with Crippen LogP contribution in [0.2, 0.25) is 0 Å². The number of benzene rings is 6. The van der Waals surface area contributed by atoms with Gasteiger partial charge >= 0.3 is 18.2 Å². The highest BCUT2D eigenvalue weighted by Gasteiger charge is 2.51. The van der Waals surface area contributed by atoms with Gasteiger partial charge in [-0.15, -0.1) is 10.2 Å². The molecule has 6 aliphatic heterocycles. The number of nitrogens with zero attached hydrogens (tertiary/aromatic N) is 10. The van der Waals surface area contributed by atoms with Crippen molar-refractivity contribution in [2.24, 2.45) is 16.7 Å². The van der Waals surface area contributed by atoms with Crippen LogP contribution < -0.4 is 52.6 Å². The summed E-state index contributed by atoms with van der Waals surface area (Å²) < 4.78 is 26.5. The first kappa shape index (κ1) is 92.6. The molecule has 0 spiro atoms. The standard InChI is InChI=1S/C90H114N18O17/c1-51(103(15)85(120)124-89(9,10)11)75(109)96-73(87(3,4)5)82(116)105-39-37-69-71(105)80(114)93-65(45-55-25-31-57-21-17-19-23-59(57)41-55)77(111)92-67(79(113)98-91)43-53-27-33-63(34-28-53)122-49-61-47-108(102-99-61)70-38-40-106(83(117)74(88(6,7)8)97-76(110)52(2)104(16)86(121)125-90(12,13)14)72(70)81(115)94-66(46-56-26-32-58-22-18-20-24-60(58)42-56)78(112)95-68(84(118)119)44-54-29-35-64(36-30-54)123-50-62-48-107(69)101-100-62/h17-36,41-42,47-48,51-52,65-74H,37-40,43-46,49-50,91H2,1-16H3,(H,92,111)(H,93,114)(H,94,115)(H,95,112)(H,96,109)(H,97,110)(H,98,113)(H,118,119)/t51-,52-,65-,66-,67-,68-,69+,70+,71-,72-,73+,74+/m0/s1. The molecular formula is C90H114N18O17. The van der Waals surface area contributed by atoms with E-state index >= 15 is 28.8 Å². The number of likely N-dealkylation sites (tertiary alicyclic amines) is 2. The Balaban J connectivity index is 0.944. The number of hydrogen-bond acceptors (Lipinski definition) is 21. The highest BCUT2D eigenvalue weighted by atomic mass is 16.6. The van der Waals surface area contributed by atoms with Gasteiger partial charge in [-0.25, -0.2) is 29.6 Å². The number of aromatic nitrogens is 6. The van der Waals surface area contributed by atoms with Gasteiger partial charge in [-0.3, -0.25) is 58.4 Å². The van der Waals surface area contributed by atoms with Crippen molar-refractivity contribution in [1.29, 1.82) is 0 Å². The van der Waals surface area contributed by atoms with Crippen molar-refractivity contribution in [3.63, 3.8) is 0 Å². The van der Waals surface area contributed by atoms with Gasteiger partial charge in [0, 0.05) is 52.9 Å². The number of carbonyl (C=O) groups excluding carboxylic acids is 11. The average molecular weight is 1720 g/mol. The minimum atomic E-state index is -1.59. The summed E-state index contributed by atoms with van der Waals surface area (Å²) in [5.41, 5.74) is 0.959. The fourth-order valence-electron chi connectivity index (χ4n) is 15.2. The summed E-state index contributed by atoms with van der Waals surface area (Å²) in [6.07, 6.45) is 0.953. The van der Waals surface area contributed by atoms with Gasteiger partial charge in [0.15, 0.2) is 0 Å². The van der Waals surface area contributed by atoms with E-state index in [0.29, 0.717) is 33.8 Å². The normalized spacial score (nSPS) is 20.6. The Bertz CT molecular complexity index is 5300. The number of nitrogens with one attached hydrogen (secondary N) is 7. The average Bonchev–Trinajstić information content (AvgIpc) is 1.64. The van der Waals surface area contributed by atoms with E-state index in [1.54, 1.807) is 156 Å². The Morgan fingerprint density at radius 3 is 1.24 bits per heavy atom. The van der Waals surface area contributed by atoms with E-state index in [4.69, 9.17) is 24.8 Å². The minimum Gasteiger partial charge on any atom is -0.487 e. The third kappa shape index (κ3) is 23.4. The SMILES string of the molecule is C[C@@H](C(=O)N[C@H](C(=O)N1CC[C@@H]2[C@H]1C(=O)N[C@@H](Cc1ccc3ccccc3c1)C(=O)N[C@H](C(=O)O)Cc1ccc(cc1)OCc1cn(nn1)[C@@H]1CCN(C(=O)[C@@H](NC(=O)[C@H](C)N(C)C(=O)OC(C)(C)C)C(C)(C)C)[C@@H]1C(=O)N[C@@H](Cc1ccc3ccccc3c1)C(=O)N[C@H](C(=O)NN)Cc1ccc(cc1)OCc1cn2nn1)C(C)(C)C)N(C)C(=O)OC(C)(C)C. The van der Waals surface area contributed by atoms with Crippen molar-refractivity contribution in [1.82, 2.24) is 86.9 Å². The summed E-state index contributed by atoms with van der Waals surface area (Å²) >= 11 is 0. The monoisotopic (exact) mass is 1720 g/mol. The Morgan fingerprint density at radius 2 is 0.880 bits per heavy atom. The van der Waals surface area contributed by atoms with E-state index in [-0.39, 0.29) is 76.2 Å². The number of hydrazine groups is 1. The molecule has 35 heteroatoms. The fourth-order valence-corrected chi connectivity index (χ4v) is 15.2. The molecule has 11 amide bonds. The van der Waals surface area contributed by atoms with Crippen LogP contribution in [0.3, 0.4) is 0 Å². The summed E-state index contributed by atoms with van der Waals surface area (Å²) in [6.45, 7) is 22.9. The second kappa shape index (κ2) is 38.8. The predicted molar refractivity (Wildman–Crippen MR) is 460 cm³/mol. The lowest BCUT2D eigenvalue weighted by Crippen LogP contribution is -2.62. The van der Waals surface area contributed by atoms with Crippen molar-refractivity contribution < 1.29 is 81.6 Å². The highest BCUT2D eigenvalue weighted by Crippen LogP contribution is 2.36. The molecule has 10 N–H and O–H groups in total. The number of carboxylic acids is 1. The number of nitrogens with two attached hydrogens (primary N) is 1. The molecule has 8 heterocycles. The van der Waals surface area contributed by atoms with Crippen LogP contribution in [-0.4, -0.2) is 225 Å². The first-order valence-corrected chi connectivity index (χ1v) is 41.7. The molecule has 6 aliphatic rings. The minimum absolute atomic E-state index is 0.0806. The first-order valence-electron chi connectivity index (χ1n) is 41.7. The maximum Gasteiger partial charge on any atom is 0.410 e. The Labute approximate surface area is 725 Å². The quantitative estimate of drug-likeness (QED) is 0.0319. The molecular weight excluding hydrogens is 1610 g/mol. The third-order valence-corrected chi connectivity index (χ3v) is 22.4. The summed E-state index contributed by atoms with van der Waals surface area (Å²) in [7, 11) is 2.79. The zero-order chi connectivity index (χ0) is 90.9. The molecule has 0 saturated carbocycles. The number of likely N-dealkylation sites (N-methyl/N-ethyl adjacent to an activating group) is 2. The summed E-state index contributed by atoms with van der Waals surface area (Å²) in [6, 6.07) is 23.2. The van der Waals surface area contributed by atoms with Crippen molar-refractivity contribution in [3.05, 3.63) is 179 Å². The molecule has 2 aromatic heterocycles. The van der Waals surface area contributed by atoms with Gasteiger partial charge in [0.1, 0.15) is 108 Å². The first-order chi connectivity index (χ1) is 58.9. The lowest BCUT2D eigenvalue weighted by atomic mass is 9.85. The fraction of sp³-hybridized carbons (Fsp3) is 0.467. The van der Waals surface area contributed by atoms with Crippen LogP contribution >= 0.6 is 0 Å². The van der Waals surface area contributed by atoms with Crippen molar-refractivity contribution in [2.45, 2.75) is 232 Å². The van der Waals surface area contributed by atoms with Gasteiger partial charge in [0.05, 0.1) is 24.5 Å². The van der Waals surface area contributed by atoms with E-state index in [1.807, 2.05) is 72.8 Å². The topological polar surface area (TPSA) is 447 Å². The second-order valence-electron chi connectivity index (χ2n) is 36.3. The molecule has 0 radical (unpaired) electrons. The zero-order valence-corrected chi connectivity index (χ0v) is 73.4. The number of ether oxygens (including phenoxy) is 4.